The van der Waals surface area contributed by atoms with Gasteiger partial charge >= 0.3 is 6.03 Å². The molecule has 5 nitrogen and oxygen atoms in total. The minimum absolute atomic E-state index is 0.145. The fourth-order valence-electron chi connectivity index (χ4n) is 2.32. The molecule has 0 aliphatic heterocycles. The van der Waals surface area contributed by atoms with Crippen LogP contribution in [0.15, 0.2) is 18.2 Å². The summed E-state index contributed by atoms with van der Waals surface area (Å²) in [4.78, 5) is 23.7. The van der Waals surface area contributed by atoms with E-state index >= 15 is 0 Å². The molecule has 0 saturated heterocycles. The number of halogens is 2. The van der Waals surface area contributed by atoms with Crippen molar-refractivity contribution in [1.29, 1.82) is 0 Å². The summed E-state index contributed by atoms with van der Waals surface area (Å²) in [6.45, 7) is 1.54. The lowest BCUT2D eigenvalue weighted by molar-refractivity contribution is -0.126. The molecule has 7 heteroatoms. The summed E-state index contributed by atoms with van der Waals surface area (Å²) in [5.41, 5.74) is 0. The summed E-state index contributed by atoms with van der Waals surface area (Å²) in [6, 6.07) is 4.37. The van der Waals surface area contributed by atoms with E-state index in [9.17, 15) is 9.59 Å². The largest absolute Gasteiger partial charge is 0.479 e. The Labute approximate surface area is 139 Å². The highest BCUT2D eigenvalue weighted by molar-refractivity contribution is 6.34. The summed E-state index contributed by atoms with van der Waals surface area (Å²) < 4.78 is 5.45. The predicted octanol–water partition coefficient (Wildman–Crippen LogP) is 3.53. The summed E-state index contributed by atoms with van der Waals surface area (Å²) in [6.07, 6.45) is 3.24. The summed E-state index contributed by atoms with van der Waals surface area (Å²) >= 11 is 11.8. The summed E-state index contributed by atoms with van der Waals surface area (Å²) in [7, 11) is 0. The van der Waals surface area contributed by atoms with Crippen molar-refractivity contribution < 1.29 is 14.3 Å². The third-order valence-electron chi connectivity index (χ3n) is 3.49. The zero-order valence-corrected chi connectivity index (χ0v) is 13.7. The maximum absolute atomic E-state index is 12.0. The second-order valence-electron chi connectivity index (χ2n) is 5.28. The van der Waals surface area contributed by atoms with E-state index in [-0.39, 0.29) is 6.04 Å². The van der Waals surface area contributed by atoms with Gasteiger partial charge in [0.05, 0.1) is 5.02 Å². The Morgan fingerprint density at radius 3 is 2.64 bits per heavy atom. The van der Waals surface area contributed by atoms with Crippen LogP contribution in [0.5, 0.6) is 5.75 Å². The molecule has 0 heterocycles. The van der Waals surface area contributed by atoms with Gasteiger partial charge in [-0.05, 0) is 31.9 Å². The van der Waals surface area contributed by atoms with Gasteiger partial charge in [0.1, 0.15) is 5.75 Å². The quantitative estimate of drug-likeness (QED) is 0.877. The van der Waals surface area contributed by atoms with Crippen molar-refractivity contribution in [2.75, 3.05) is 0 Å². The highest BCUT2D eigenvalue weighted by atomic mass is 35.5. The van der Waals surface area contributed by atoms with Crippen LogP contribution in [0, 0.1) is 0 Å². The third-order valence-corrected chi connectivity index (χ3v) is 4.04. The number of rotatable bonds is 4. The van der Waals surface area contributed by atoms with Crippen molar-refractivity contribution >= 4 is 35.1 Å². The fraction of sp³-hybridized carbons (Fsp3) is 0.467. The number of carbonyl (C=O) groups is 2. The van der Waals surface area contributed by atoms with Crippen molar-refractivity contribution in [2.24, 2.45) is 0 Å². The summed E-state index contributed by atoms with van der Waals surface area (Å²) in [5, 5.41) is 5.84. The molecular weight excluding hydrogens is 327 g/mol. The van der Waals surface area contributed by atoms with Crippen molar-refractivity contribution in [2.45, 2.75) is 44.8 Å². The second-order valence-corrected chi connectivity index (χ2v) is 6.12. The van der Waals surface area contributed by atoms with Gasteiger partial charge in [-0.15, -0.1) is 0 Å². The van der Waals surface area contributed by atoms with Crippen molar-refractivity contribution in [3.63, 3.8) is 0 Å². The van der Waals surface area contributed by atoms with Gasteiger partial charge in [-0.3, -0.25) is 10.1 Å². The average molecular weight is 345 g/mol. The molecule has 3 amide bonds. The molecule has 1 aliphatic rings. The van der Waals surface area contributed by atoms with Gasteiger partial charge in [-0.2, -0.15) is 0 Å². The van der Waals surface area contributed by atoms with Gasteiger partial charge in [0, 0.05) is 17.1 Å². The van der Waals surface area contributed by atoms with E-state index in [0.29, 0.717) is 15.8 Å². The normalized spacial score (nSPS) is 16.1. The molecule has 0 radical (unpaired) electrons. The Morgan fingerprint density at radius 1 is 1.27 bits per heavy atom. The van der Waals surface area contributed by atoms with E-state index in [0.717, 1.165) is 25.7 Å². The van der Waals surface area contributed by atoms with Gasteiger partial charge in [-0.1, -0.05) is 36.0 Å². The van der Waals surface area contributed by atoms with Crippen molar-refractivity contribution in [1.82, 2.24) is 10.6 Å². The Hall–Kier alpha value is -1.46. The van der Waals surface area contributed by atoms with E-state index in [1.165, 1.54) is 13.0 Å². The van der Waals surface area contributed by atoms with Crippen LogP contribution in [0.25, 0.3) is 0 Å². The van der Waals surface area contributed by atoms with Gasteiger partial charge < -0.3 is 10.1 Å². The monoisotopic (exact) mass is 344 g/mol. The van der Waals surface area contributed by atoms with Crippen LogP contribution in [0.1, 0.15) is 32.6 Å². The zero-order chi connectivity index (χ0) is 16.1. The van der Waals surface area contributed by atoms with Gasteiger partial charge in [0.25, 0.3) is 5.91 Å². The van der Waals surface area contributed by atoms with Gasteiger partial charge in [0.2, 0.25) is 0 Å². The van der Waals surface area contributed by atoms with E-state index in [1.54, 1.807) is 12.1 Å². The molecule has 0 aromatic heterocycles. The molecule has 22 heavy (non-hydrogen) atoms. The number of urea groups is 1. The molecule has 2 rings (SSSR count). The highest BCUT2D eigenvalue weighted by Crippen LogP contribution is 2.28. The minimum Gasteiger partial charge on any atom is -0.479 e. The van der Waals surface area contributed by atoms with E-state index in [1.807, 2.05) is 0 Å². The maximum atomic E-state index is 12.0. The Balaban J connectivity index is 1.85. The first kappa shape index (κ1) is 16.9. The standard InChI is InChI=1S/C15H18Cl2N2O3/c1-9(22-13-8-10(16)6-7-12(13)17)14(20)19-15(21)18-11-4-2-3-5-11/h6-9,11H,2-5H2,1H3,(H2,18,19,20,21)/t9-/m0/s1. The Kier molecular flexibility index (Phi) is 5.91. The number of hydrogen-bond acceptors (Lipinski definition) is 3. The molecule has 0 unspecified atom stereocenters. The van der Waals surface area contributed by atoms with Crippen LogP contribution in [0.3, 0.4) is 0 Å². The lowest BCUT2D eigenvalue weighted by Crippen LogP contribution is -2.47. The highest BCUT2D eigenvalue weighted by Gasteiger charge is 2.21. The third kappa shape index (κ3) is 4.78. The molecular formula is C15H18Cl2N2O3. The number of hydrogen-bond donors (Lipinski definition) is 2. The maximum Gasteiger partial charge on any atom is 0.321 e. The van der Waals surface area contributed by atoms with Crippen molar-refractivity contribution in [3.05, 3.63) is 28.2 Å². The molecule has 0 bridgehead atoms. The molecule has 1 atom stereocenters. The average Bonchev–Trinajstić information content (AvgIpc) is 2.95. The molecule has 1 fully saturated rings. The Morgan fingerprint density at radius 2 is 1.95 bits per heavy atom. The lowest BCUT2D eigenvalue weighted by Gasteiger charge is -2.17. The van der Waals surface area contributed by atoms with E-state index < -0.39 is 18.0 Å². The second kappa shape index (κ2) is 7.70. The van der Waals surface area contributed by atoms with Crippen LogP contribution in [-0.2, 0) is 4.79 Å². The van der Waals surface area contributed by atoms with Crippen LogP contribution >= 0.6 is 23.2 Å². The first-order valence-electron chi connectivity index (χ1n) is 7.19. The molecule has 2 N–H and O–H groups in total. The fourth-order valence-corrected chi connectivity index (χ4v) is 2.64. The van der Waals surface area contributed by atoms with Crippen LogP contribution in [-0.4, -0.2) is 24.1 Å². The minimum atomic E-state index is -0.870. The van der Waals surface area contributed by atoms with Gasteiger partial charge in [-0.25, -0.2) is 4.79 Å². The van der Waals surface area contributed by atoms with Crippen LogP contribution in [0.4, 0.5) is 4.79 Å². The molecule has 120 valence electrons. The molecule has 0 spiro atoms. The number of benzene rings is 1. The van der Waals surface area contributed by atoms with Crippen LogP contribution < -0.4 is 15.4 Å². The number of ether oxygens (including phenoxy) is 1. The number of carbonyl (C=O) groups excluding carboxylic acids is 2. The molecule has 1 aliphatic carbocycles. The van der Waals surface area contributed by atoms with Crippen molar-refractivity contribution in [3.8, 4) is 5.75 Å². The smallest absolute Gasteiger partial charge is 0.321 e. The predicted molar refractivity (Wildman–Crippen MR) is 85.5 cm³/mol. The number of imide groups is 1. The zero-order valence-electron chi connectivity index (χ0n) is 12.2. The van der Waals surface area contributed by atoms with E-state index in [2.05, 4.69) is 10.6 Å². The van der Waals surface area contributed by atoms with Gasteiger partial charge in [0.15, 0.2) is 6.10 Å². The first-order chi connectivity index (χ1) is 10.5. The summed E-state index contributed by atoms with van der Waals surface area (Å²) in [5.74, 6) is -0.237. The SMILES string of the molecule is C[C@H](Oc1cc(Cl)ccc1Cl)C(=O)NC(=O)NC1CCCC1. The molecule has 1 aromatic carbocycles. The molecule has 1 saturated carbocycles. The topological polar surface area (TPSA) is 67.4 Å². The molecule has 1 aromatic rings. The number of nitrogens with one attached hydrogen (secondary N) is 2. The lowest BCUT2D eigenvalue weighted by atomic mass is 10.2. The number of amides is 3. The Bertz CT molecular complexity index is 560. The van der Waals surface area contributed by atoms with Crippen LogP contribution in [0.2, 0.25) is 10.0 Å². The van der Waals surface area contributed by atoms with E-state index in [4.69, 9.17) is 27.9 Å². The first-order valence-corrected chi connectivity index (χ1v) is 7.94.